The zero-order valence-electron chi connectivity index (χ0n) is 14.0. The summed E-state index contributed by atoms with van der Waals surface area (Å²) < 4.78 is 24.7. The van der Waals surface area contributed by atoms with Gasteiger partial charge in [0.25, 0.3) is 5.89 Å². The molecule has 0 saturated carbocycles. The Kier molecular flexibility index (Phi) is 4.63. The van der Waals surface area contributed by atoms with Crippen LogP contribution in [0.2, 0.25) is 5.02 Å². The summed E-state index contributed by atoms with van der Waals surface area (Å²) in [4.78, 5) is 12.5. The highest BCUT2D eigenvalue weighted by atomic mass is 35.5. The SMILES string of the molecule is Cc1cccc(-c2nnc(COC(=O)c3sc4cc(F)ccc4c3Cl)o2)c1. The minimum Gasteiger partial charge on any atom is -0.451 e. The van der Waals surface area contributed by atoms with Crippen molar-refractivity contribution in [2.45, 2.75) is 13.5 Å². The molecule has 0 fully saturated rings. The maximum absolute atomic E-state index is 13.3. The lowest BCUT2D eigenvalue weighted by Gasteiger charge is -2.00. The molecule has 0 bridgehead atoms. The van der Waals surface area contributed by atoms with E-state index >= 15 is 0 Å². The van der Waals surface area contributed by atoms with Crippen LogP contribution < -0.4 is 0 Å². The van der Waals surface area contributed by atoms with Gasteiger partial charge in [-0.15, -0.1) is 21.5 Å². The number of rotatable bonds is 4. The molecule has 136 valence electrons. The average Bonchev–Trinajstić information content (AvgIpc) is 3.24. The number of hydrogen-bond acceptors (Lipinski definition) is 6. The molecule has 0 atom stereocenters. The molecule has 0 spiro atoms. The Bertz CT molecular complexity index is 1160. The Morgan fingerprint density at radius 3 is 2.93 bits per heavy atom. The van der Waals surface area contributed by atoms with Gasteiger partial charge in [0, 0.05) is 15.6 Å². The quantitative estimate of drug-likeness (QED) is 0.427. The summed E-state index contributed by atoms with van der Waals surface area (Å²) >= 11 is 7.29. The molecule has 0 radical (unpaired) electrons. The van der Waals surface area contributed by atoms with Gasteiger partial charge in [-0.05, 0) is 37.3 Å². The van der Waals surface area contributed by atoms with E-state index in [0.29, 0.717) is 16.0 Å². The summed E-state index contributed by atoms with van der Waals surface area (Å²) in [5.41, 5.74) is 1.85. The van der Waals surface area contributed by atoms with E-state index in [9.17, 15) is 9.18 Å². The number of halogens is 2. The number of hydrogen-bond donors (Lipinski definition) is 0. The molecule has 2 aromatic heterocycles. The van der Waals surface area contributed by atoms with Crippen molar-refractivity contribution >= 4 is 39.0 Å². The van der Waals surface area contributed by atoms with E-state index in [2.05, 4.69) is 10.2 Å². The first-order valence-corrected chi connectivity index (χ1v) is 9.15. The number of carbonyl (C=O) groups is 1. The first kappa shape index (κ1) is 17.6. The number of esters is 1. The van der Waals surface area contributed by atoms with Crippen LogP contribution in [0, 0.1) is 12.7 Å². The molecule has 2 heterocycles. The molecule has 0 aliphatic rings. The maximum atomic E-state index is 13.3. The van der Waals surface area contributed by atoms with Crippen molar-refractivity contribution < 1.29 is 18.3 Å². The second-order valence-corrected chi connectivity index (χ2v) is 7.26. The number of benzene rings is 2. The first-order chi connectivity index (χ1) is 13.0. The third kappa shape index (κ3) is 3.56. The smallest absolute Gasteiger partial charge is 0.350 e. The number of aromatic nitrogens is 2. The summed E-state index contributed by atoms with van der Waals surface area (Å²) in [6, 6.07) is 11.8. The van der Waals surface area contributed by atoms with E-state index in [0.717, 1.165) is 22.5 Å². The van der Waals surface area contributed by atoms with Crippen molar-refractivity contribution in [3.63, 3.8) is 0 Å². The summed E-state index contributed by atoms with van der Waals surface area (Å²) in [7, 11) is 0. The lowest BCUT2D eigenvalue weighted by atomic mass is 10.1. The van der Waals surface area contributed by atoms with Crippen molar-refractivity contribution in [1.29, 1.82) is 0 Å². The van der Waals surface area contributed by atoms with Crippen molar-refractivity contribution in [3.8, 4) is 11.5 Å². The highest BCUT2D eigenvalue weighted by Gasteiger charge is 2.20. The number of carbonyl (C=O) groups excluding carboxylic acids is 1. The molecule has 0 N–H and O–H groups in total. The average molecular weight is 403 g/mol. The van der Waals surface area contributed by atoms with Crippen molar-refractivity contribution in [1.82, 2.24) is 10.2 Å². The van der Waals surface area contributed by atoms with Gasteiger partial charge in [0.1, 0.15) is 10.7 Å². The predicted molar refractivity (Wildman–Crippen MR) is 100 cm³/mol. The maximum Gasteiger partial charge on any atom is 0.350 e. The van der Waals surface area contributed by atoms with E-state index < -0.39 is 11.8 Å². The zero-order chi connectivity index (χ0) is 19.0. The second-order valence-electron chi connectivity index (χ2n) is 5.83. The van der Waals surface area contributed by atoms with Crippen LogP contribution in [0.25, 0.3) is 21.5 Å². The van der Waals surface area contributed by atoms with E-state index in [1.165, 1.54) is 18.2 Å². The van der Waals surface area contributed by atoms with Gasteiger partial charge in [-0.3, -0.25) is 0 Å². The monoisotopic (exact) mass is 402 g/mol. The third-order valence-electron chi connectivity index (χ3n) is 3.84. The molecule has 5 nitrogen and oxygen atoms in total. The zero-order valence-corrected chi connectivity index (χ0v) is 15.6. The minimum absolute atomic E-state index is 0.170. The largest absolute Gasteiger partial charge is 0.451 e. The molecule has 0 saturated heterocycles. The van der Waals surface area contributed by atoms with Gasteiger partial charge < -0.3 is 9.15 Å². The summed E-state index contributed by atoms with van der Waals surface area (Å²) in [6.45, 7) is 1.78. The summed E-state index contributed by atoms with van der Waals surface area (Å²) in [5, 5.41) is 8.71. The number of thiophene rings is 1. The topological polar surface area (TPSA) is 65.2 Å². The summed E-state index contributed by atoms with van der Waals surface area (Å²) in [5.74, 6) is -0.505. The molecule has 8 heteroatoms. The molecular formula is C19H12ClFN2O3S. The van der Waals surface area contributed by atoms with Crippen molar-refractivity contribution in [2.75, 3.05) is 0 Å². The number of aryl methyl sites for hydroxylation is 1. The van der Waals surface area contributed by atoms with Crippen molar-refractivity contribution in [2.24, 2.45) is 0 Å². The first-order valence-electron chi connectivity index (χ1n) is 7.95. The van der Waals surface area contributed by atoms with Gasteiger partial charge in [0.15, 0.2) is 6.61 Å². The van der Waals surface area contributed by atoms with Crippen LogP contribution >= 0.6 is 22.9 Å². The third-order valence-corrected chi connectivity index (χ3v) is 5.47. The Balaban J connectivity index is 1.49. The fourth-order valence-corrected chi connectivity index (χ4v) is 4.00. The lowest BCUT2D eigenvalue weighted by molar-refractivity contribution is 0.0445. The van der Waals surface area contributed by atoms with Crippen molar-refractivity contribution in [3.05, 3.63) is 69.6 Å². The molecule has 4 aromatic rings. The van der Waals surface area contributed by atoms with Crippen LogP contribution in [0.3, 0.4) is 0 Å². The minimum atomic E-state index is -0.628. The Morgan fingerprint density at radius 1 is 1.26 bits per heavy atom. The van der Waals surface area contributed by atoms with Gasteiger partial charge in [0.2, 0.25) is 5.89 Å². The fourth-order valence-electron chi connectivity index (χ4n) is 2.57. The van der Waals surface area contributed by atoms with Crippen LogP contribution in [0.1, 0.15) is 21.1 Å². The van der Waals surface area contributed by atoms with Gasteiger partial charge >= 0.3 is 5.97 Å². The molecule has 27 heavy (non-hydrogen) atoms. The Hall–Kier alpha value is -2.77. The van der Waals surface area contributed by atoms with Crippen LogP contribution in [0.4, 0.5) is 4.39 Å². The lowest BCUT2D eigenvalue weighted by Crippen LogP contribution is -2.04. The Labute approximate surface area is 162 Å². The molecule has 2 aromatic carbocycles. The van der Waals surface area contributed by atoms with Crippen LogP contribution in [0.15, 0.2) is 46.9 Å². The Morgan fingerprint density at radius 2 is 2.11 bits per heavy atom. The number of fused-ring (bicyclic) bond motifs is 1. The van der Waals surface area contributed by atoms with Crippen LogP contribution in [0.5, 0.6) is 0 Å². The highest BCUT2D eigenvalue weighted by molar-refractivity contribution is 7.21. The van der Waals surface area contributed by atoms with E-state index in [1.807, 2.05) is 31.2 Å². The van der Waals surface area contributed by atoms with Crippen LogP contribution in [-0.4, -0.2) is 16.2 Å². The summed E-state index contributed by atoms with van der Waals surface area (Å²) in [6.07, 6.45) is 0. The van der Waals surface area contributed by atoms with E-state index in [-0.39, 0.29) is 22.4 Å². The number of nitrogens with zero attached hydrogens (tertiary/aromatic N) is 2. The number of ether oxygens (including phenoxy) is 1. The molecule has 0 unspecified atom stereocenters. The van der Waals surface area contributed by atoms with Gasteiger partial charge in [0.05, 0.1) is 5.02 Å². The molecule has 0 aliphatic carbocycles. The normalized spacial score (nSPS) is 11.1. The van der Waals surface area contributed by atoms with E-state index in [1.54, 1.807) is 0 Å². The standard InChI is InChI=1S/C19H12ClFN2O3S/c1-10-3-2-4-11(7-10)18-23-22-15(26-18)9-25-19(24)17-16(20)13-6-5-12(21)8-14(13)27-17/h2-8H,9H2,1H3. The molecule has 0 aliphatic heterocycles. The van der Waals surface area contributed by atoms with Gasteiger partial charge in [-0.2, -0.15) is 0 Å². The molecule has 0 amide bonds. The molecular weight excluding hydrogens is 391 g/mol. The van der Waals surface area contributed by atoms with Crippen LogP contribution in [-0.2, 0) is 11.3 Å². The van der Waals surface area contributed by atoms with Gasteiger partial charge in [-0.25, -0.2) is 9.18 Å². The van der Waals surface area contributed by atoms with E-state index in [4.69, 9.17) is 20.8 Å². The predicted octanol–water partition coefficient (Wildman–Crippen LogP) is 5.41. The second kappa shape index (κ2) is 7.09. The fraction of sp³-hybridized carbons (Fsp3) is 0.105. The van der Waals surface area contributed by atoms with Gasteiger partial charge in [-0.1, -0.05) is 29.3 Å². The molecule has 4 rings (SSSR count). The highest BCUT2D eigenvalue weighted by Crippen LogP contribution is 2.36.